The molecule has 1 aromatic carbocycles. The van der Waals surface area contributed by atoms with Gasteiger partial charge in [0, 0.05) is 0 Å². The maximum absolute atomic E-state index is 11.4. The van der Waals surface area contributed by atoms with Gasteiger partial charge in [0.25, 0.3) is 5.91 Å². The van der Waals surface area contributed by atoms with Crippen molar-refractivity contribution in [1.82, 2.24) is 15.3 Å². The zero-order chi connectivity index (χ0) is 12.8. The largest absolute Gasteiger partial charge is 0.366 e. The van der Waals surface area contributed by atoms with E-state index in [0.717, 1.165) is 30.7 Å². The molecule has 0 bridgehead atoms. The molecule has 1 fully saturated rings. The zero-order valence-corrected chi connectivity index (χ0v) is 12.7. The zero-order valence-electron chi connectivity index (χ0n) is 11.1. The smallest absolute Gasteiger partial charge is 0.250 e. The number of H-pyrrole nitrogens is 1. The predicted octanol–water partition coefficient (Wildman–Crippen LogP) is 2.10. The van der Waals surface area contributed by atoms with Crippen molar-refractivity contribution < 1.29 is 4.79 Å². The third kappa shape index (κ3) is 2.61. The van der Waals surface area contributed by atoms with Gasteiger partial charge >= 0.3 is 0 Å². The number of amides is 1. The predicted molar refractivity (Wildman–Crippen MR) is 83.7 cm³/mol. The van der Waals surface area contributed by atoms with Crippen LogP contribution < -0.4 is 11.1 Å². The Morgan fingerprint density at radius 2 is 2.15 bits per heavy atom. The van der Waals surface area contributed by atoms with Crippen LogP contribution in [0.1, 0.15) is 35.9 Å². The number of nitrogens with zero attached hydrogens (tertiary/aromatic N) is 1. The quantitative estimate of drug-likeness (QED) is 0.793. The first-order valence-electron chi connectivity index (χ1n) is 6.14. The van der Waals surface area contributed by atoms with Crippen molar-refractivity contribution in [3.63, 3.8) is 0 Å². The molecule has 0 spiro atoms. The number of aromatic nitrogens is 2. The summed E-state index contributed by atoms with van der Waals surface area (Å²) in [5.74, 6) is 0.437. The van der Waals surface area contributed by atoms with E-state index < -0.39 is 5.91 Å². The Bertz CT molecular complexity index is 620. The van der Waals surface area contributed by atoms with Gasteiger partial charge in [-0.05, 0) is 38.4 Å². The SMILES string of the molecule is C[C@]1(c2nc3c(C(N)=O)cccc3[nH]2)CCCN1.Cl.Cl. The van der Waals surface area contributed by atoms with Gasteiger partial charge in [-0.25, -0.2) is 4.98 Å². The Kier molecular flexibility index (Phi) is 5.02. The first-order chi connectivity index (χ1) is 8.60. The van der Waals surface area contributed by atoms with E-state index in [2.05, 4.69) is 22.2 Å². The van der Waals surface area contributed by atoms with E-state index in [0.29, 0.717) is 11.1 Å². The van der Waals surface area contributed by atoms with E-state index in [4.69, 9.17) is 5.73 Å². The van der Waals surface area contributed by atoms with Gasteiger partial charge in [-0.3, -0.25) is 4.79 Å². The number of para-hydroxylation sites is 1. The van der Waals surface area contributed by atoms with E-state index in [9.17, 15) is 4.79 Å². The molecule has 0 saturated carbocycles. The summed E-state index contributed by atoms with van der Waals surface area (Å²) in [7, 11) is 0. The van der Waals surface area contributed by atoms with Crippen LogP contribution in [0.25, 0.3) is 11.0 Å². The van der Waals surface area contributed by atoms with Crippen molar-refractivity contribution in [3.05, 3.63) is 29.6 Å². The van der Waals surface area contributed by atoms with Gasteiger partial charge in [0.15, 0.2) is 0 Å². The fourth-order valence-corrected chi connectivity index (χ4v) is 2.59. The molecule has 5 nitrogen and oxygen atoms in total. The van der Waals surface area contributed by atoms with Crippen molar-refractivity contribution in [2.24, 2.45) is 5.73 Å². The summed E-state index contributed by atoms with van der Waals surface area (Å²) >= 11 is 0. The summed E-state index contributed by atoms with van der Waals surface area (Å²) < 4.78 is 0. The lowest BCUT2D eigenvalue weighted by Gasteiger charge is -2.21. The van der Waals surface area contributed by atoms with E-state index >= 15 is 0 Å². The lowest BCUT2D eigenvalue weighted by Crippen LogP contribution is -2.34. The molecule has 7 heteroatoms. The number of carbonyl (C=O) groups is 1. The van der Waals surface area contributed by atoms with Gasteiger partial charge < -0.3 is 16.0 Å². The molecule has 110 valence electrons. The standard InChI is InChI=1S/C13H16N4O.2ClH/c1-13(6-3-7-15-13)12-16-9-5-2-4-8(11(14)18)10(9)17-12;;/h2,4-5,15H,3,6-7H2,1H3,(H2,14,18)(H,16,17);2*1H/t13-;;/m1../s1. The van der Waals surface area contributed by atoms with Gasteiger partial charge in [-0.1, -0.05) is 6.07 Å². The fraction of sp³-hybridized carbons (Fsp3) is 0.385. The second-order valence-corrected chi connectivity index (χ2v) is 5.01. The highest BCUT2D eigenvalue weighted by Crippen LogP contribution is 2.30. The molecule has 1 aliphatic rings. The molecule has 1 amide bonds. The van der Waals surface area contributed by atoms with Crippen LogP contribution in [-0.4, -0.2) is 22.4 Å². The van der Waals surface area contributed by atoms with Gasteiger partial charge in [0.2, 0.25) is 0 Å². The van der Waals surface area contributed by atoms with Gasteiger partial charge in [0.1, 0.15) is 11.3 Å². The number of imidazole rings is 1. The summed E-state index contributed by atoms with van der Waals surface area (Å²) in [6.45, 7) is 3.12. The first kappa shape index (κ1) is 16.8. The molecule has 2 aromatic rings. The molecule has 0 radical (unpaired) electrons. The number of hydrogen-bond donors (Lipinski definition) is 3. The van der Waals surface area contributed by atoms with Crippen molar-refractivity contribution >= 4 is 41.8 Å². The minimum Gasteiger partial charge on any atom is -0.366 e. The molecule has 20 heavy (non-hydrogen) atoms. The van der Waals surface area contributed by atoms with E-state index in [1.54, 1.807) is 6.07 Å². The number of nitrogens with two attached hydrogens (primary N) is 1. The van der Waals surface area contributed by atoms with Crippen LogP contribution in [-0.2, 0) is 5.54 Å². The maximum atomic E-state index is 11.4. The normalized spacial score (nSPS) is 21.2. The average Bonchev–Trinajstić information content (AvgIpc) is 2.94. The fourth-order valence-electron chi connectivity index (χ4n) is 2.59. The van der Waals surface area contributed by atoms with E-state index in [1.807, 2.05) is 12.1 Å². The van der Waals surface area contributed by atoms with Gasteiger partial charge in [-0.2, -0.15) is 0 Å². The van der Waals surface area contributed by atoms with E-state index in [-0.39, 0.29) is 30.4 Å². The molecule has 0 aliphatic carbocycles. The topological polar surface area (TPSA) is 83.8 Å². The highest BCUT2D eigenvalue weighted by molar-refractivity contribution is 6.04. The summed E-state index contributed by atoms with van der Waals surface area (Å²) in [4.78, 5) is 19.2. The number of carbonyl (C=O) groups excluding carboxylic acids is 1. The summed E-state index contributed by atoms with van der Waals surface area (Å²) in [5.41, 5.74) is 7.22. The highest BCUT2D eigenvalue weighted by atomic mass is 35.5. The number of primary amides is 1. The highest BCUT2D eigenvalue weighted by Gasteiger charge is 2.33. The third-order valence-corrected chi connectivity index (χ3v) is 3.67. The number of halogens is 2. The van der Waals surface area contributed by atoms with Crippen molar-refractivity contribution in [3.8, 4) is 0 Å². The number of hydrogen-bond acceptors (Lipinski definition) is 3. The minimum absolute atomic E-state index is 0. The molecule has 1 aromatic heterocycles. The van der Waals surface area contributed by atoms with Crippen LogP contribution in [0.4, 0.5) is 0 Å². The Labute approximate surface area is 129 Å². The van der Waals surface area contributed by atoms with Crippen LogP contribution in [0.3, 0.4) is 0 Å². The Balaban J connectivity index is 0.000001000. The number of nitrogens with one attached hydrogen (secondary N) is 2. The van der Waals surface area contributed by atoms with Crippen molar-refractivity contribution in [2.45, 2.75) is 25.3 Å². The van der Waals surface area contributed by atoms with Crippen molar-refractivity contribution in [1.29, 1.82) is 0 Å². The molecule has 0 unspecified atom stereocenters. The molecular weight excluding hydrogens is 299 g/mol. The molecule has 1 saturated heterocycles. The lowest BCUT2D eigenvalue weighted by molar-refractivity contribution is 0.100. The number of fused-ring (bicyclic) bond motifs is 1. The second-order valence-electron chi connectivity index (χ2n) is 5.01. The van der Waals surface area contributed by atoms with Crippen LogP contribution >= 0.6 is 24.8 Å². The molecule has 3 rings (SSSR count). The third-order valence-electron chi connectivity index (χ3n) is 3.67. The monoisotopic (exact) mass is 316 g/mol. The number of aromatic amines is 1. The summed E-state index contributed by atoms with van der Waals surface area (Å²) in [6, 6.07) is 5.44. The summed E-state index contributed by atoms with van der Waals surface area (Å²) in [5, 5.41) is 3.45. The van der Waals surface area contributed by atoms with Crippen molar-refractivity contribution in [2.75, 3.05) is 6.54 Å². The Morgan fingerprint density at radius 3 is 2.75 bits per heavy atom. The molecule has 2 heterocycles. The first-order valence-corrected chi connectivity index (χ1v) is 6.14. The van der Waals surface area contributed by atoms with Crippen LogP contribution in [0.15, 0.2) is 18.2 Å². The van der Waals surface area contributed by atoms with Crippen LogP contribution in [0.5, 0.6) is 0 Å². The van der Waals surface area contributed by atoms with Crippen LogP contribution in [0.2, 0.25) is 0 Å². The van der Waals surface area contributed by atoms with Gasteiger partial charge in [-0.15, -0.1) is 24.8 Å². The average molecular weight is 317 g/mol. The Hall–Kier alpha value is -1.30. The summed E-state index contributed by atoms with van der Waals surface area (Å²) in [6.07, 6.45) is 2.18. The molecule has 4 N–H and O–H groups in total. The van der Waals surface area contributed by atoms with Gasteiger partial charge in [0.05, 0.1) is 16.6 Å². The Morgan fingerprint density at radius 1 is 1.40 bits per heavy atom. The van der Waals surface area contributed by atoms with Crippen LogP contribution in [0, 0.1) is 0 Å². The lowest BCUT2D eigenvalue weighted by atomic mass is 10.00. The molecular formula is C13H18Cl2N4O. The molecule has 1 atom stereocenters. The van der Waals surface area contributed by atoms with E-state index in [1.165, 1.54) is 0 Å². The molecule has 1 aliphatic heterocycles. The maximum Gasteiger partial charge on any atom is 0.250 e. The number of rotatable bonds is 2. The second kappa shape index (κ2) is 5.99. The number of benzene rings is 1. The minimum atomic E-state index is -0.441.